The standard InChI is InChI=1S/C16H27N3O3/c1-14-9-17-19(10-14)11-15(21)18-7-3-5-16(12-18,13-20)6-4-8-22-2/h9-10,20H,3-8,11-13H2,1-2H3/t16-/m1/s1. The van der Waals surface area contributed by atoms with Crippen LogP contribution >= 0.6 is 0 Å². The minimum Gasteiger partial charge on any atom is -0.396 e. The lowest BCUT2D eigenvalue weighted by Crippen LogP contribution is -2.48. The van der Waals surface area contributed by atoms with Gasteiger partial charge in [0.25, 0.3) is 0 Å². The second-order valence-electron chi connectivity index (χ2n) is 6.39. The van der Waals surface area contributed by atoms with Crippen molar-refractivity contribution in [1.82, 2.24) is 14.7 Å². The number of aryl methyl sites for hydroxylation is 1. The van der Waals surface area contributed by atoms with Crippen LogP contribution in [0.3, 0.4) is 0 Å². The van der Waals surface area contributed by atoms with Crippen LogP contribution in [0, 0.1) is 12.3 Å². The lowest BCUT2D eigenvalue weighted by atomic mass is 9.77. The molecule has 0 unspecified atom stereocenters. The van der Waals surface area contributed by atoms with Gasteiger partial charge in [0.2, 0.25) is 5.91 Å². The summed E-state index contributed by atoms with van der Waals surface area (Å²) in [5, 5.41) is 14.0. The van der Waals surface area contributed by atoms with E-state index in [-0.39, 0.29) is 24.5 Å². The van der Waals surface area contributed by atoms with E-state index in [4.69, 9.17) is 4.74 Å². The fourth-order valence-corrected chi connectivity index (χ4v) is 3.22. The topological polar surface area (TPSA) is 67.6 Å². The van der Waals surface area contributed by atoms with Gasteiger partial charge in [-0.3, -0.25) is 9.48 Å². The van der Waals surface area contributed by atoms with Crippen LogP contribution in [0.5, 0.6) is 0 Å². The number of carbonyl (C=O) groups excluding carboxylic acids is 1. The molecule has 1 N–H and O–H groups in total. The number of hydrogen-bond acceptors (Lipinski definition) is 4. The molecule has 6 heteroatoms. The Hall–Kier alpha value is -1.40. The van der Waals surface area contributed by atoms with Crippen LogP contribution in [0.15, 0.2) is 12.4 Å². The van der Waals surface area contributed by atoms with E-state index < -0.39 is 0 Å². The SMILES string of the molecule is COCCC[C@]1(CO)CCCN(C(=O)Cn2cc(C)cn2)C1. The number of aliphatic hydroxyl groups is 1. The van der Waals surface area contributed by atoms with E-state index in [1.54, 1.807) is 18.0 Å². The molecule has 0 radical (unpaired) electrons. The zero-order valence-electron chi connectivity index (χ0n) is 13.6. The number of nitrogens with zero attached hydrogens (tertiary/aromatic N) is 3. The van der Waals surface area contributed by atoms with E-state index in [1.807, 2.05) is 18.0 Å². The minimum absolute atomic E-state index is 0.0763. The number of rotatable bonds is 7. The van der Waals surface area contributed by atoms with E-state index in [0.717, 1.165) is 37.8 Å². The lowest BCUT2D eigenvalue weighted by Gasteiger charge is -2.42. The normalized spacial score (nSPS) is 22.0. The Morgan fingerprint density at radius 2 is 2.36 bits per heavy atom. The number of carbonyl (C=O) groups is 1. The van der Waals surface area contributed by atoms with Gasteiger partial charge in [-0.15, -0.1) is 0 Å². The van der Waals surface area contributed by atoms with Gasteiger partial charge in [0.15, 0.2) is 0 Å². The van der Waals surface area contributed by atoms with E-state index in [2.05, 4.69) is 5.10 Å². The monoisotopic (exact) mass is 309 g/mol. The molecule has 2 rings (SSSR count). The number of ether oxygens (including phenoxy) is 1. The van der Waals surface area contributed by atoms with E-state index in [0.29, 0.717) is 13.2 Å². The number of aromatic nitrogens is 2. The number of piperidine rings is 1. The van der Waals surface area contributed by atoms with Crippen molar-refractivity contribution in [3.63, 3.8) is 0 Å². The summed E-state index contributed by atoms with van der Waals surface area (Å²) in [6, 6.07) is 0. The van der Waals surface area contributed by atoms with Crippen LogP contribution in [-0.2, 0) is 16.1 Å². The van der Waals surface area contributed by atoms with Gasteiger partial charge in [-0.2, -0.15) is 5.10 Å². The Morgan fingerprint density at radius 3 is 3.00 bits per heavy atom. The molecule has 124 valence electrons. The largest absolute Gasteiger partial charge is 0.396 e. The predicted octanol–water partition coefficient (Wildman–Crippen LogP) is 1.22. The fraction of sp³-hybridized carbons (Fsp3) is 0.750. The molecule has 1 amide bonds. The number of methoxy groups -OCH3 is 1. The summed E-state index contributed by atoms with van der Waals surface area (Å²) in [5.41, 5.74) is 0.877. The van der Waals surface area contributed by atoms with E-state index in [1.165, 1.54) is 0 Å². The van der Waals surface area contributed by atoms with Crippen LogP contribution < -0.4 is 0 Å². The second-order valence-corrected chi connectivity index (χ2v) is 6.39. The third-order valence-electron chi connectivity index (χ3n) is 4.46. The third kappa shape index (κ3) is 4.30. The van der Waals surface area contributed by atoms with Gasteiger partial charge in [-0.25, -0.2) is 0 Å². The van der Waals surface area contributed by atoms with Crippen molar-refractivity contribution in [3.05, 3.63) is 18.0 Å². The Morgan fingerprint density at radius 1 is 1.55 bits per heavy atom. The molecule has 0 aliphatic carbocycles. The first-order valence-electron chi connectivity index (χ1n) is 7.95. The summed E-state index contributed by atoms with van der Waals surface area (Å²) in [6.07, 6.45) is 7.35. The molecule has 1 atom stereocenters. The molecule has 1 aliphatic heterocycles. The first-order chi connectivity index (χ1) is 10.6. The molecular weight excluding hydrogens is 282 g/mol. The van der Waals surface area contributed by atoms with Crippen LogP contribution in [0.25, 0.3) is 0 Å². The third-order valence-corrected chi connectivity index (χ3v) is 4.46. The number of hydrogen-bond donors (Lipinski definition) is 1. The summed E-state index contributed by atoms with van der Waals surface area (Å²) in [6.45, 7) is 4.45. The number of likely N-dealkylation sites (tertiary alicyclic amines) is 1. The van der Waals surface area contributed by atoms with Crippen molar-refractivity contribution in [2.45, 2.75) is 39.2 Å². The summed E-state index contributed by atoms with van der Waals surface area (Å²) < 4.78 is 6.78. The first kappa shape index (κ1) is 17.0. The zero-order chi connectivity index (χ0) is 16.0. The van der Waals surface area contributed by atoms with Crippen LogP contribution in [0.1, 0.15) is 31.2 Å². The average molecular weight is 309 g/mol. The Balaban J connectivity index is 1.94. The lowest BCUT2D eigenvalue weighted by molar-refractivity contribution is -0.136. The van der Waals surface area contributed by atoms with Crippen molar-refractivity contribution in [2.75, 3.05) is 33.4 Å². The highest BCUT2D eigenvalue weighted by Gasteiger charge is 2.36. The zero-order valence-corrected chi connectivity index (χ0v) is 13.6. The Bertz CT molecular complexity index is 489. The highest BCUT2D eigenvalue weighted by atomic mass is 16.5. The van der Waals surface area contributed by atoms with Crippen molar-refractivity contribution in [3.8, 4) is 0 Å². The molecule has 0 bridgehead atoms. The van der Waals surface area contributed by atoms with Gasteiger partial charge in [0.05, 0.1) is 12.8 Å². The first-order valence-corrected chi connectivity index (χ1v) is 7.95. The molecule has 0 aromatic carbocycles. The maximum absolute atomic E-state index is 12.5. The van der Waals surface area contributed by atoms with Crippen LogP contribution in [0.2, 0.25) is 0 Å². The molecule has 22 heavy (non-hydrogen) atoms. The average Bonchev–Trinajstić information content (AvgIpc) is 2.93. The fourth-order valence-electron chi connectivity index (χ4n) is 3.22. The molecule has 1 aromatic heterocycles. The van der Waals surface area contributed by atoms with Gasteiger partial charge in [0, 0.05) is 38.4 Å². The highest BCUT2D eigenvalue weighted by Crippen LogP contribution is 2.34. The van der Waals surface area contributed by atoms with Crippen molar-refractivity contribution < 1.29 is 14.6 Å². The van der Waals surface area contributed by atoms with E-state index >= 15 is 0 Å². The smallest absolute Gasteiger partial charge is 0.244 e. The second kappa shape index (κ2) is 7.74. The minimum atomic E-state index is -0.174. The van der Waals surface area contributed by atoms with Gasteiger partial charge >= 0.3 is 0 Å². The maximum Gasteiger partial charge on any atom is 0.244 e. The summed E-state index contributed by atoms with van der Waals surface area (Å²) in [7, 11) is 1.69. The molecule has 1 aliphatic rings. The van der Waals surface area contributed by atoms with E-state index in [9.17, 15) is 9.90 Å². The van der Waals surface area contributed by atoms with Gasteiger partial charge in [-0.05, 0) is 38.2 Å². The van der Waals surface area contributed by atoms with Gasteiger partial charge in [0.1, 0.15) is 6.54 Å². The number of amides is 1. The molecule has 1 saturated heterocycles. The molecule has 0 spiro atoms. The highest BCUT2D eigenvalue weighted by molar-refractivity contribution is 5.76. The maximum atomic E-state index is 12.5. The molecule has 0 saturated carbocycles. The van der Waals surface area contributed by atoms with Crippen LogP contribution in [0.4, 0.5) is 0 Å². The Kier molecular flexibility index (Phi) is 5.97. The molecule has 6 nitrogen and oxygen atoms in total. The molecule has 2 heterocycles. The summed E-state index contributed by atoms with van der Waals surface area (Å²) in [4.78, 5) is 14.3. The van der Waals surface area contributed by atoms with Gasteiger partial charge < -0.3 is 14.7 Å². The summed E-state index contributed by atoms with van der Waals surface area (Å²) in [5.74, 6) is 0.0763. The van der Waals surface area contributed by atoms with Crippen LogP contribution in [-0.4, -0.2) is 59.1 Å². The van der Waals surface area contributed by atoms with Crippen molar-refractivity contribution >= 4 is 5.91 Å². The van der Waals surface area contributed by atoms with Gasteiger partial charge in [-0.1, -0.05) is 0 Å². The molecule has 1 aromatic rings. The predicted molar refractivity (Wildman–Crippen MR) is 83.4 cm³/mol. The summed E-state index contributed by atoms with van der Waals surface area (Å²) >= 11 is 0. The molecular formula is C16H27N3O3. The van der Waals surface area contributed by atoms with Crippen molar-refractivity contribution in [2.24, 2.45) is 5.41 Å². The quantitative estimate of drug-likeness (QED) is 0.769. The Labute approximate surface area is 132 Å². The number of aliphatic hydroxyl groups excluding tert-OH is 1. The molecule has 1 fully saturated rings. The van der Waals surface area contributed by atoms with Crippen molar-refractivity contribution in [1.29, 1.82) is 0 Å².